The van der Waals surface area contributed by atoms with Gasteiger partial charge in [0.15, 0.2) is 0 Å². The third-order valence-electron chi connectivity index (χ3n) is 10.6. The highest BCUT2D eigenvalue weighted by molar-refractivity contribution is 6.02. The minimum atomic E-state index is -1.09. The molecule has 1 fully saturated rings. The molecule has 1 saturated heterocycles. The van der Waals surface area contributed by atoms with Gasteiger partial charge in [-0.2, -0.15) is 5.10 Å². The SMILES string of the molecule is COc1ccc(CNc2nccc3c2c(-c2ccc(-c4c(C(N)=O)c(=O)n(-c5ccccn5)c(=O)n4C(C)C)cc2F)nn3C2CCN(C(=O)C(C)C)CC2)c(OC)c1. The molecule has 0 spiro atoms. The second kappa shape index (κ2) is 16.6. The van der Waals surface area contributed by atoms with Gasteiger partial charge in [0.2, 0.25) is 5.91 Å². The van der Waals surface area contributed by atoms with E-state index in [2.05, 4.69) is 15.3 Å². The maximum absolute atomic E-state index is 16.9. The van der Waals surface area contributed by atoms with E-state index in [0.29, 0.717) is 66.4 Å². The van der Waals surface area contributed by atoms with E-state index in [1.807, 2.05) is 41.6 Å². The van der Waals surface area contributed by atoms with E-state index in [0.717, 1.165) is 10.1 Å². The van der Waals surface area contributed by atoms with E-state index >= 15 is 4.39 Å². The molecule has 0 radical (unpaired) electrons. The summed E-state index contributed by atoms with van der Waals surface area (Å²) in [7, 11) is 3.15. The number of aromatic nitrogens is 6. The van der Waals surface area contributed by atoms with Crippen LogP contribution in [0.25, 0.3) is 39.2 Å². The number of piperidine rings is 1. The van der Waals surface area contributed by atoms with Crippen molar-refractivity contribution in [3.05, 3.63) is 111 Å². The Balaban J connectivity index is 1.37. The maximum Gasteiger partial charge on any atom is 0.337 e. The largest absolute Gasteiger partial charge is 0.497 e. The van der Waals surface area contributed by atoms with Crippen LogP contribution >= 0.6 is 0 Å². The van der Waals surface area contributed by atoms with E-state index in [1.54, 1.807) is 52.5 Å². The number of primary amides is 1. The van der Waals surface area contributed by atoms with Gasteiger partial charge in [-0.15, -0.1) is 0 Å². The summed E-state index contributed by atoms with van der Waals surface area (Å²) in [6, 6.07) is 15.6. The minimum Gasteiger partial charge on any atom is -0.497 e. The molecule has 1 aliphatic heterocycles. The molecule has 306 valence electrons. The normalized spacial score (nSPS) is 13.3. The molecule has 7 rings (SSSR count). The number of ether oxygens (including phenoxy) is 2. The molecule has 3 N–H and O–H groups in total. The van der Waals surface area contributed by atoms with Crippen LogP contribution in [-0.2, 0) is 11.3 Å². The zero-order valence-electron chi connectivity index (χ0n) is 33.7. The molecule has 6 aromatic rings. The number of rotatable bonds is 12. The highest BCUT2D eigenvalue weighted by Gasteiger charge is 2.31. The Hall–Kier alpha value is -6.84. The molecule has 5 heterocycles. The Morgan fingerprint density at radius 1 is 0.949 bits per heavy atom. The number of methoxy groups -OCH3 is 2. The summed E-state index contributed by atoms with van der Waals surface area (Å²) >= 11 is 0. The number of nitrogens with zero attached hydrogens (tertiary/aromatic N) is 7. The van der Waals surface area contributed by atoms with Crippen molar-refractivity contribution in [3.63, 3.8) is 0 Å². The average Bonchev–Trinajstić information content (AvgIpc) is 3.62. The van der Waals surface area contributed by atoms with Crippen LogP contribution in [-0.4, -0.2) is 72.9 Å². The van der Waals surface area contributed by atoms with Gasteiger partial charge >= 0.3 is 5.69 Å². The maximum atomic E-state index is 16.9. The zero-order valence-corrected chi connectivity index (χ0v) is 33.7. The van der Waals surface area contributed by atoms with Crippen LogP contribution in [0.5, 0.6) is 11.5 Å². The summed E-state index contributed by atoms with van der Waals surface area (Å²) in [5.74, 6) is -0.149. The highest BCUT2D eigenvalue weighted by atomic mass is 19.1. The number of pyridine rings is 2. The summed E-state index contributed by atoms with van der Waals surface area (Å²) in [6.07, 6.45) is 4.35. The molecule has 15 nitrogen and oxygen atoms in total. The van der Waals surface area contributed by atoms with Crippen LogP contribution in [0.2, 0.25) is 0 Å². The number of amides is 2. The van der Waals surface area contributed by atoms with Gasteiger partial charge in [-0.25, -0.2) is 23.7 Å². The first-order valence-corrected chi connectivity index (χ1v) is 19.4. The topological polar surface area (TPSA) is 181 Å². The van der Waals surface area contributed by atoms with Crippen molar-refractivity contribution in [1.82, 2.24) is 33.8 Å². The van der Waals surface area contributed by atoms with Crippen LogP contribution in [0.3, 0.4) is 0 Å². The summed E-state index contributed by atoms with van der Waals surface area (Å²) in [5.41, 5.74) is 5.51. The van der Waals surface area contributed by atoms with Crippen molar-refractivity contribution in [2.24, 2.45) is 11.7 Å². The van der Waals surface area contributed by atoms with Crippen molar-refractivity contribution in [1.29, 1.82) is 0 Å². The van der Waals surface area contributed by atoms with Crippen molar-refractivity contribution >= 4 is 28.5 Å². The lowest BCUT2D eigenvalue weighted by molar-refractivity contribution is -0.135. The standard InChI is InChI=1S/C43H46FN9O6/c1-24(2)41(55)50-19-15-28(16-20-50)53-32-14-18-47-40(48-23-27-10-12-29(58-5)22-33(27)59-6)35(32)37(49-53)30-13-11-26(21-31(30)44)38-36(39(45)54)42(56)52(34-9-7-8-17-46-34)43(57)51(38)25(3)4/h7-14,17-18,21-22,24-25,28H,15-16,19-20,23H2,1-6H3,(H2,45,54)(H,47,48). The third kappa shape index (κ3) is 7.53. The smallest absolute Gasteiger partial charge is 0.337 e. The Bertz CT molecular complexity index is 2680. The van der Waals surface area contributed by atoms with Gasteiger partial charge in [-0.05, 0) is 69.2 Å². The van der Waals surface area contributed by atoms with Crippen LogP contribution in [0, 0.1) is 11.7 Å². The van der Waals surface area contributed by atoms with Gasteiger partial charge in [0.05, 0.1) is 36.9 Å². The lowest BCUT2D eigenvalue weighted by Crippen LogP contribution is -2.44. The molecule has 2 aromatic carbocycles. The van der Waals surface area contributed by atoms with E-state index in [-0.39, 0.29) is 40.5 Å². The highest BCUT2D eigenvalue weighted by Crippen LogP contribution is 2.39. The number of likely N-dealkylation sites (tertiary alicyclic amines) is 1. The predicted octanol–water partition coefficient (Wildman–Crippen LogP) is 5.74. The first-order valence-electron chi connectivity index (χ1n) is 19.4. The van der Waals surface area contributed by atoms with Gasteiger partial charge < -0.3 is 25.4 Å². The number of anilines is 1. The predicted molar refractivity (Wildman–Crippen MR) is 221 cm³/mol. The van der Waals surface area contributed by atoms with E-state index in [4.69, 9.17) is 20.3 Å². The zero-order chi connectivity index (χ0) is 42.1. The first kappa shape index (κ1) is 40.4. The van der Waals surface area contributed by atoms with Gasteiger partial charge in [-0.1, -0.05) is 26.0 Å². The Kier molecular flexibility index (Phi) is 11.3. The number of hydrogen-bond donors (Lipinski definition) is 2. The molecule has 4 aromatic heterocycles. The number of halogens is 1. The second-order valence-corrected chi connectivity index (χ2v) is 14.9. The number of carbonyl (C=O) groups excluding carboxylic acids is 2. The molecule has 0 atom stereocenters. The number of benzene rings is 2. The summed E-state index contributed by atoms with van der Waals surface area (Å²) < 4.78 is 31.8. The van der Waals surface area contributed by atoms with Crippen molar-refractivity contribution in [2.75, 3.05) is 32.6 Å². The van der Waals surface area contributed by atoms with Gasteiger partial charge in [-0.3, -0.25) is 23.6 Å². The Morgan fingerprint density at radius 2 is 1.71 bits per heavy atom. The molecule has 2 amide bonds. The molecule has 0 saturated carbocycles. The number of carbonyl (C=O) groups is 2. The lowest BCUT2D eigenvalue weighted by Gasteiger charge is -2.33. The second-order valence-electron chi connectivity index (χ2n) is 14.9. The molecule has 59 heavy (non-hydrogen) atoms. The molecule has 0 unspecified atom stereocenters. The van der Waals surface area contributed by atoms with Crippen LogP contribution < -0.4 is 31.8 Å². The van der Waals surface area contributed by atoms with E-state index in [9.17, 15) is 19.2 Å². The molecular formula is C43H46FN9O6. The van der Waals surface area contributed by atoms with Crippen LogP contribution in [0.1, 0.15) is 68.5 Å². The monoisotopic (exact) mass is 803 g/mol. The minimum absolute atomic E-state index is 0.00981. The number of fused-ring (bicyclic) bond motifs is 1. The van der Waals surface area contributed by atoms with Crippen LogP contribution in [0.15, 0.2) is 82.6 Å². The average molecular weight is 804 g/mol. The molecule has 1 aliphatic rings. The number of nitrogens with two attached hydrogens (primary N) is 1. The van der Waals surface area contributed by atoms with Crippen molar-refractivity contribution in [3.8, 4) is 39.8 Å². The molecule has 0 bridgehead atoms. The fourth-order valence-corrected chi connectivity index (χ4v) is 7.71. The fourth-order valence-electron chi connectivity index (χ4n) is 7.71. The summed E-state index contributed by atoms with van der Waals surface area (Å²) in [5, 5.41) is 9.02. The lowest BCUT2D eigenvalue weighted by atomic mass is 10.0. The van der Waals surface area contributed by atoms with Gasteiger partial charge in [0, 0.05) is 66.7 Å². The number of nitrogens with one attached hydrogen (secondary N) is 1. The summed E-state index contributed by atoms with van der Waals surface area (Å²) in [6.45, 7) is 8.58. The Labute approximate surface area is 339 Å². The Morgan fingerprint density at radius 3 is 2.34 bits per heavy atom. The number of hydrogen-bond acceptors (Lipinski definition) is 10. The molecular weight excluding hydrogens is 758 g/mol. The third-order valence-corrected chi connectivity index (χ3v) is 10.6. The van der Waals surface area contributed by atoms with E-state index < -0.39 is 34.6 Å². The quantitative estimate of drug-likeness (QED) is 0.155. The molecule has 16 heteroatoms. The van der Waals surface area contributed by atoms with Crippen molar-refractivity contribution in [2.45, 2.75) is 59.2 Å². The fraction of sp³-hybridized carbons (Fsp3) is 0.326. The van der Waals surface area contributed by atoms with E-state index in [1.165, 1.54) is 35.0 Å². The summed E-state index contributed by atoms with van der Waals surface area (Å²) in [4.78, 5) is 64.5. The van der Waals surface area contributed by atoms with Crippen LogP contribution in [0.4, 0.5) is 10.2 Å². The van der Waals surface area contributed by atoms with Gasteiger partial charge in [0.1, 0.15) is 40.2 Å². The molecule has 0 aliphatic carbocycles. The first-order chi connectivity index (χ1) is 28.3. The van der Waals surface area contributed by atoms with Crippen molar-refractivity contribution < 1.29 is 23.5 Å². The van der Waals surface area contributed by atoms with Gasteiger partial charge in [0.25, 0.3) is 11.5 Å².